The summed E-state index contributed by atoms with van der Waals surface area (Å²) in [5.41, 5.74) is 0.742. The van der Waals surface area contributed by atoms with E-state index in [1.165, 1.54) is 6.20 Å². The highest BCUT2D eigenvalue weighted by molar-refractivity contribution is 5.97. The van der Waals surface area contributed by atoms with Crippen LogP contribution in [-0.2, 0) is 4.79 Å². The molecule has 8 nitrogen and oxygen atoms in total. The number of carbonyl (C=O) groups excluding carboxylic acids is 2. The molecule has 0 aromatic carbocycles. The average molecular weight is 444 g/mol. The number of ether oxygens (including phenoxy) is 1. The van der Waals surface area contributed by atoms with E-state index in [2.05, 4.69) is 16.8 Å². The summed E-state index contributed by atoms with van der Waals surface area (Å²) in [5, 5.41) is 19.2. The minimum atomic E-state index is -0.802. The van der Waals surface area contributed by atoms with Crippen molar-refractivity contribution in [3.05, 3.63) is 23.4 Å². The number of fused-ring (bicyclic) bond motifs is 1. The normalized spacial score (nSPS) is 22.4. The van der Waals surface area contributed by atoms with E-state index in [0.29, 0.717) is 31.0 Å². The summed E-state index contributed by atoms with van der Waals surface area (Å²) in [5.74, 6) is 5.86. The van der Waals surface area contributed by atoms with Crippen molar-refractivity contribution in [1.29, 1.82) is 0 Å². The zero-order valence-electron chi connectivity index (χ0n) is 19.2. The van der Waals surface area contributed by atoms with Crippen LogP contribution in [0.2, 0.25) is 0 Å². The van der Waals surface area contributed by atoms with E-state index in [9.17, 15) is 19.8 Å². The molecule has 1 saturated carbocycles. The molecule has 1 aromatic rings. The van der Waals surface area contributed by atoms with Gasteiger partial charge in [-0.2, -0.15) is 0 Å². The molecule has 174 valence electrons. The van der Waals surface area contributed by atoms with Crippen molar-refractivity contribution in [3.63, 3.8) is 0 Å². The largest absolute Gasteiger partial charge is 0.472 e. The lowest BCUT2D eigenvalue weighted by Gasteiger charge is -2.37. The topological polar surface area (TPSA) is 103 Å². The van der Waals surface area contributed by atoms with Crippen molar-refractivity contribution in [3.8, 4) is 17.7 Å². The summed E-state index contributed by atoms with van der Waals surface area (Å²) in [4.78, 5) is 33.5. The lowest BCUT2D eigenvalue weighted by Crippen LogP contribution is -2.50. The monoisotopic (exact) mass is 443 g/mol. The first-order valence-corrected chi connectivity index (χ1v) is 11.2. The molecule has 0 saturated heterocycles. The Kier molecular flexibility index (Phi) is 7.75. The Hall–Kier alpha value is -2.63. The number of aliphatic hydroxyl groups is 2. The fourth-order valence-electron chi connectivity index (χ4n) is 3.67. The van der Waals surface area contributed by atoms with E-state index >= 15 is 0 Å². The van der Waals surface area contributed by atoms with Crippen molar-refractivity contribution in [2.75, 3.05) is 26.7 Å². The van der Waals surface area contributed by atoms with Crippen molar-refractivity contribution in [2.45, 2.75) is 58.3 Å². The molecule has 2 amide bonds. The van der Waals surface area contributed by atoms with Gasteiger partial charge in [0.1, 0.15) is 17.8 Å². The molecule has 4 atom stereocenters. The molecule has 3 rings (SSSR count). The van der Waals surface area contributed by atoms with Gasteiger partial charge in [-0.3, -0.25) is 9.59 Å². The molecular formula is C24H33N3O5. The first-order chi connectivity index (χ1) is 15.2. The molecule has 0 bridgehead atoms. The first kappa shape index (κ1) is 24.0. The van der Waals surface area contributed by atoms with Crippen LogP contribution < -0.4 is 4.74 Å². The second kappa shape index (κ2) is 10.3. The fraction of sp³-hybridized carbons (Fsp3) is 0.625. The van der Waals surface area contributed by atoms with Gasteiger partial charge in [0.2, 0.25) is 11.8 Å². The zero-order valence-corrected chi connectivity index (χ0v) is 19.2. The van der Waals surface area contributed by atoms with Crippen LogP contribution >= 0.6 is 0 Å². The number of amides is 2. The molecule has 2 heterocycles. The third kappa shape index (κ3) is 5.99. The smallest absolute Gasteiger partial charge is 0.259 e. The molecule has 32 heavy (non-hydrogen) atoms. The maximum absolute atomic E-state index is 13.3. The molecule has 8 heteroatoms. The summed E-state index contributed by atoms with van der Waals surface area (Å²) < 4.78 is 6.19. The Morgan fingerprint density at radius 2 is 2.12 bits per heavy atom. The second-order valence-corrected chi connectivity index (χ2v) is 9.07. The number of aromatic nitrogens is 1. The van der Waals surface area contributed by atoms with Crippen molar-refractivity contribution >= 4 is 11.8 Å². The number of pyridine rings is 1. The molecule has 1 aromatic heterocycles. The minimum absolute atomic E-state index is 0.0891. The average Bonchev–Trinajstić information content (AvgIpc) is 3.58. The van der Waals surface area contributed by atoms with Crippen LogP contribution in [0.25, 0.3) is 0 Å². The lowest BCUT2D eigenvalue weighted by molar-refractivity contribution is -0.131. The SMILES string of the molecule is C[C@H](O)C#Cc1cnc2c(c1)C(=O)N([C@@H](C)CO)C[C@@H](C)[C@@H](CN(C)C(=O)CC1CC1)O2. The van der Waals surface area contributed by atoms with Gasteiger partial charge in [-0.25, -0.2) is 4.98 Å². The quantitative estimate of drug-likeness (QED) is 0.643. The van der Waals surface area contributed by atoms with Gasteiger partial charge in [-0.15, -0.1) is 0 Å². The fourth-order valence-corrected chi connectivity index (χ4v) is 3.67. The van der Waals surface area contributed by atoms with Gasteiger partial charge in [0.15, 0.2) is 0 Å². The molecule has 0 radical (unpaired) electrons. The zero-order chi connectivity index (χ0) is 23.4. The van der Waals surface area contributed by atoms with Crippen LogP contribution in [0.5, 0.6) is 5.88 Å². The van der Waals surface area contributed by atoms with Gasteiger partial charge in [0, 0.05) is 37.7 Å². The van der Waals surface area contributed by atoms with E-state index in [4.69, 9.17) is 4.74 Å². The second-order valence-electron chi connectivity index (χ2n) is 9.07. The number of carbonyl (C=O) groups is 2. The third-order valence-corrected chi connectivity index (χ3v) is 5.99. The Bertz CT molecular complexity index is 903. The molecule has 2 N–H and O–H groups in total. The van der Waals surface area contributed by atoms with Gasteiger partial charge in [-0.05, 0) is 38.7 Å². The highest BCUT2D eigenvalue weighted by atomic mass is 16.5. The predicted molar refractivity (Wildman–Crippen MR) is 119 cm³/mol. The third-order valence-electron chi connectivity index (χ3n) is 5.99. The Labute approximate surface area is 189 Å². The standard InChI is InChI=1S/C24H33N3O5/c1-15-12-27(16(2)14-28)24(31)20-9-19(6-5-17(3)29)11-25-23(20)32-21(15)13-26(4)22(30)10-18-7-8-18/h9,11,15-18,21,28-29H,7-8,10,12-14H2,1-4H3/t15-,16+,17+,21-/m1/s1. The number of aliphatic hydroxyl groups excluding tert-OH is 2. The van der Waals surface area contributed by atoms with Crippen molar-refractivity contribution in [2.24, 2.45) is 11.8 Å². The molecule has 2 aliphatic rings. The molecule has 1 fully saturated rings. The van der Waals surface area contributed by atoms with Gasteiger partial charge in [0.25, 0.3) is 5.91 Å². The number of likely N-dealkylation sites (N-methyl/N-ethyl adjacent to an activating group) is 1. The van der Waals surface area contributed by atoms with Crippen molar-refractivity contribution < 1.29 is 24.5 Å². The minimum Gasteiger partial charge on any atom is -0.472 e. The van der Waals surface area contributed by atoms with Gasteiger partial charge in [0.05, 0.1) is 19.2 Å². The van der Waals surface area contributed by atoms with Gasteiger partial charge < -0.3 is 24.7 Å². The molecule has 1 aliphatic carbocycles. The summed E-state index contributed by atoms with van der Waals surface area (Å²) in [6.45, 7) is 5.90. The number of hydrogen-bond donors (Lipinski definition) is 2. The molecular weight excluding hydrogens is 410 g/mol. The highest BCUT2D eigenvalue weighted by Gasteiger charge is 2.35. The van der Waals surface area contributed by atoms with Crippen LogP contribution in [0.3, 0.4) is 0 Å². The van der Waals surface area contributed by atoms with Gasteiger partial charge >= 0.3 is 0 Å². The van der Waals surface area contributed by atoms with Gasteiger partial charge in [-0.1, -0.05) is 18.8 Å². The number of rotatable bonds is 6. The Morgan fingerprint density at radius 1 is 1.41 bits per heavy atom. The highest BCUT2D eigenvalue weighted by Crippen LogP contribution is 2.33. The lowest BCUT2D eigenvalue weighted by atomic mass is 9.99. The van der Waals surface area contributed by atoms with Crippen LogP contribution in [0.4, 0.5) is 0 Å². The summed E-state index contributed by atoms with van der Waals surface area (Å²) in [7, 11) is 1.78. The number of hydrogen-bond acceptors (Lipinski definition) is 6. The summed E-state index contributed by atoms with van der Waals surface area (Å²) in [6, 6.07) is 1.21. The maximum Gasteiger partial charge on any atom is 0.259 e. The molecule has 0 unspecified atom stereocenters. The summed E-state index contributed by atoms with van der Waals surface area (Å²) >= 11 is 0. The Morgan fingerprint density at radius 3 is 2.75 bits per heavy atom. The van der Waals surface area contributed by atoms with Crippen LogP contribution in [0.15, 0.2) is 12.3 Å². The van der Waals surface area contributed by atoms with Crippen LogP contribution in [-0.4, -0.2) is 81.8 Å². The van der Waals surface area contributed by atoms with Crippen molar-refractivity contribution in [1.82, 2.24) is 14.8 Å². The number of nitrogens with zero attached hydrogens (tertiary/aromatic N) is 3. The van der Waals surface area contributed by atoms with E-state index in [1.807, 2.05) is 6.92 Å². The predicted octanol–water partition coefficient (Wildman–Crippen LogP) is 1.29. The van der Waals surface area contributed by atoms with E-state index < -0.39 is 12.1 Å². The van der Waals surface area contributed by atoms with Crippen LogP contribution in [0.1, 0.15) is 56.0 Å². The molecule has 1 aliphatic heterocycles. The van der Waals surface area contributed by atoms with E-state index in [-0.39, 0.29) is 41.9 Å². The first-order valence-electron chi connectivity index (χ1n) is 11.2. The van der Waals surface area contributed by atoms with E-state index in [0.717, 1.165) is 12.8 Å². The molecule has 0 spiro atoms. The van der Waals surface area contributed by atoms with E-state index in [1.54, 1.807) is 36.8 Å². The Balaban J connectivity index is 1.91. The summed E-state index contributed by atoms with van der Waals surface area (Å²) in [6.07, 6.45) is 3.12. The maximum atomic E-state index is 13.3. The van der Waals surface area contributed by atoms with Crippen LogP contribution in [0, 0.1) is 23.7 Å².